The summed E-state index contributed by atoms with van der Waals surface area (Å²) in [6.45, 7) is 10.8. The summed E-state index contributed by atoms with van der Waals surface area (Å²) in [5.41, 5.74) is -1.59. The first-order valence-corrected chi connectivity index (χ1v) is 13.5. The molecule has 1 atom stereocenters. The van der Waals surface area contributed by atoms with Crippen molar-refractivity contribution >= 4 is 21.8 Å². The molecule has 2 N–H and O–H groups in total. The molecule has 1 heterocycles. The van der Waals surface area contributed by atoms with Crippen molar-refractivity contribution in [2.75, 3.05) is 6.54 Å². The van der Waals surface area contributed by atoms with Crippen molar-refractivity contribution in [2.45, 2.75) is 68.7 Å². The van der Waals surface area contributed by atoms with Crippen LogP contribution < -0.4 is 10.6 Å². The zero-order chi connectivity index (χ0) is 28.5. The third-order valence-electron chi connectivity index (χ3n) is 6.77. The summed E-state index contributed by atoms with van der Waals surface area (Å²) in [4.78, 5) is 24.5. The normalized spacial score (nSPS) is 19.1. The molecule has 7 nitrogen and oxygen atoms in total. The van der Waals surface area contributed by atoms with Crippen molar-refractivity contribution in [3.63, 3.8) is 0 Å². The molecule has 0 bridgehead atoms. The van der Waals surface area contributed by atoms with Gasteiger partial charge >= 0.3 is 6.18 Å². The van der Waals surface area contributed by atoms with Gasteiger partial charge in [-0.3, -0.25) is 9.59 Å². The Kier molecular flexibility index (Phi) is 8.14. The number of hydrogen-bond acceptors (Lipinski definition) is 4. The lowest BCUT2D eigenvalue weighted by atomic mass is 9.94. The highest BCUT2D eigenvalue weighted by Crippen LogP contribution is 2.44. The van der Waals surface area contributed by atoms with E-state index in [1.807, 2.05) is 0 Å². The van der Waals surface area contributed by atoms with E-state index in [-0.39, 0.29) is 22.9 Å². The molecule has 38 heavy (non-hydrogen) atoms. The maximum Gasteiger partial charge on any atom is 0.416 e. The van der Waals surface area contributed by atoms with Gasteiger partial charge in [-0.05, 0) is 88.6 Å². The summed E-state index contributed by atoms with van der Waals surface area (Å²) >= 11 is 0. The Morgan fingerprint density at radius 2 is 1.63 bits per heavy atom. The molecule has 1 saturated heterocycles. The van der Waals surface area contributed by atoms with Crippen LogP contribution in [0.4, 0.5) is 13.2 Å². The molecular weight excluding hydrogens is 519 g/mol. The Morgan fingerprint density at radius 3 is 2.16 bits per heavy atom. The van der Waals surface area contributed by atoms with Crippen molar-refractivity contribution in [1.82, 2.24) is 14.9 Å². The minimum absolute atomic E-state index is 0.00986. The van der Waals surface area contributed by atoms with Crippen LogP contribution >= 0.6 is 0 Å². The topological polar surface area (TPSA) is 95.6 Å². The zero-order valence-electron chi connectivity index (χ0n) is 21.7. The fourth-order valence-electron chi connectivity index (χ4n) is 5.01. The highest BCUT2D eigenvalue weighted by Gasteiger charge is 2.57. The van der Waals surface area contributed by atoms with E-state index >= 15 is 0 Å². The second kappa shape index (κ2) is 10.5. The Bertz CT molecular complexity index is 1300. The highest BCUT2D eigenvalue weighted by atomic mass is 32.2. The molecule has 0 radical (unpaired) electrons. The first kappa shape index (κ1) is 29.4. The molecule has 0 aliphatic carbocycles. The Labute approximate surface area is 221 Å². The van der Waals surface area contributed by atoms with Crippen LogP contribution in [0.5, 0.6) is 0 Å². The number of hydrogen-bond donors (Lipinski definition) is 2. The van der Waals surface area contributed by atoms with Gasteiger partial charge in [0.15, 0.2) is 0 Å². The average molecular weight is 552 g/mol. The predicted octanol–water partition coefficient (Wildman–Crippen LogP) is 4.30. The van der Waals surface area contributed by atoms with Crippen molar-refractivity contribution in [3.8, 4) is 0 Å². The number of rotatable bonds is 8. The number of nitrogens with one attached hydrogen (secondary N) is 2. The maximum absolute atomic E-state index is 13.7. The SMILES string of the molecule is C=CC(=O)NC1CC(C)(C)N(S(=O)(=O)c2ccc(C(=O)NCCc3ccc(C(F)(F)F)cc3)cc2)C1(C)C. The molecule has 1 fully saturated rings. The molecule has 1 aliphatic rings. The average Bonchev–Trinajstić information content (AvgIpc) is 3.01. The molecule has 2 aromatic rings. The summed E-state index contributed by atoms with van der Waals surface area (Å²) in [6, 6.07) is 9.83. The van der Waals surface area contributed by atoms with E-state index < -0.39 is 44.8 Å². The molecule has 0 aromatic heterocycles. The standard InChI is InChI=1S/C27H32F3N3O4S/c1-6-23(34)32-22-17-25(2,3)33(26(22,4)5)38(36,37)21-13-9-19(10-14-21)24(35)31-16-15-18-7-11-20(12-8-18)27(28,29)30/h6-14,22H,1,15-17H2,2-5H3,(H,31,35)(H,32,34). The van der Waals surface area contributed by atoms with Crippen LogP contribution in [0.1, 0.15) is 55.6 Å². The Hall–Kier alpha value is -3.18. The van der Waals surface area contributed by atoms with Gasteiger partial charge in [0.1, 0.15) is 0 Å². The number of sulfonamides is 1. The highest BCUT2D eigenvalue weighted by molar-refractivity contribution is 7.89. The van der Waals surface area contributed by atoms with Crippen LogP contribution in [-0.2, 0) is 27.4 Å². The van der Waals surface area contributed by atoms with Gasteiger partial charge in [-0.15, -0.1) is 0 Å². The van der Waals surface area contributed by atoms with E-state index in [4.69, 9.17) is 0 Å². The van der Waals surface area contributed by atoms with Crippen LogP contribution in [0.25, 0.3) is 0 Å². The van der Waals surface area contributed by atoms with E-state index in [1.165, 1.54) is 40.7 Å². The molecular formula is C27H32F3N3O4S. The van der Waals surface area contributed by atoms with Gasteiger partial charge in [0, 0.05) is 23.7 Å². The number of halogens is 3. The number of alkyl halides is 3. The molecule has 1 aliphatic heterocycles. The predicted molar refractivity (Wildman–Crippen MR) is 138 cm³/mol. The minimum Gasteiger partial charge on any atom is -0.352 e. The van der Waals surface area contributed by atoms with Gasteiger partial charge in [-0.2, -0.15) is 17.5 Å². The lowest BCUT2D eigenvalue weighted by Gasteiger charge is -2.40. The third kappa shape index (κ3) is 6.10. The van der Waals surface area contributed by atoms with Crippen LogP contribution in [0.3, 0.4) is 0 Å². The van der Waals surface area contributed by atoms with Crippen molar-refractivity contribution < 1.29 is 31.2 Å². The molecule has 3 rings (SSSR count). The summed E-state index contributed by atoms with van der Waals surface area (Å²) in [6.07, 6.45) is -2.53. The second-order valence-corrected chi connectivity index (χ2v) is 12.2. The Balaban J connectivity index is 1.69. The number of carbonyl (C=O) groups excluding carboxylic acids is 2. The summed E-state index contributed by atoms with van der Waals surface area (Å²) in [5, 5.41) is 5.52. The molecule has 0 spiro atoms. The third-order valence-corrected chi connectivity index (χ3v) is 9.08. The van der Waals surface area contributed by atoms with Crippen LogP contribution in [0.2, 0.25) is 0 Å². The number of amides is 2. The van der Waals surface area contributed by atoms with Gasteiger partial charge in [0.2, 0.25) is 15.9 Å². The van der Waals surface area contributed by atoms with E-state index in [2.05, 4.69) is 17.2 Å². The first-order valence-electron chi connectivity index (χ1n) is 12.0. The van der Waals surface area contributed by atoms with Gasteiger partial charge in [0.25, 0.3) is 5.91 Å². The summed E-state index contributed by atoms with van der Waals surface area (Å²) in [7, 11) is -3.99. The molecule has 0 saturated carbocycles. The quantitative estimate of drug-likeness (QED) is 0.479. The number of benzene rings is 2. The summed E-state index contributed by atoms with van der Waals surface area (Å²) in [5.74, 6) is -0.818. The van der Waals surface area contributed by atoms with Gasteiger partial charge in [-0.25, -0.2) is 8.42 Å². The largest absolute Gasteiger partial charge is 0.416 e. The van der Waals surface area contributed by atoms with Crippen LogP contribution in [-0.4, -0.2) is 48.2 Å². The lowest BCUT2D eigenvalue weighted by molar-refractivity contribution is -0.137. The van der Waals surface area contributed by atoms with Crippen molar-refractivity contribution in [2.24, 2.45) is 0 Å². The fraction of sp³-hybridized carbons (Fsp3) is 0.407. The van der Waals surface area contributed by atoms with E-state index in [0.29, 0.717) is 18.4 Å². The maximum atomic E-state index is 13.7. The zero-order valence-corrected chi connectivity index (χ0v) is 22.5. The van der Waals surface area contributed by atoms with Crippen LogP contribution in [0.15, 0.2) is 66.1 Å². The second-order valence-electron chi connectivity index (χ2n) is 10.4. The number of nitrogens with zero attached hydrogens (tertiary/aromatic N) is 1. The van der Waals surface area contributed by atoms with Gasteiger partial charge in [-0.1, -0.05) is 18.7 Å². The van der Waals surface area contributed by atoms with E-state index in [9.17, 15) is 31.2 Å². The Morgan fingerprint density at radius 1 is 1.05 bits per heavy atom. The molecule has 2 amide bonds. The summed E-state index contributed by atoms with van der Waals surface area (Å²) < 4.78 is 66.8. The van der Waals surface area contributed by atoms with Crippen molar-refractivity contribution in [1.29, 1.82) is 0 Å². The monoisotopic (exact) mass is 551 g/mol. The molecule has 1 unspecified atom stereocenters. The fourth-order valence-corrected chi connectivity index (χ4v) is 7.18. The van der Waals surface area contributed by atoms with E-state index in [0.717, 1.165) is 18.2 Å². The minimum atomic E-state index is -4.41. The smallest absolute Gasteiger partial charge is 0.352 e. The molecule has 2 aromatic carbocycles. The lowest BCUT2D eigenvalue weighted by Crippen LogP contribution is -2.56. The van der Waals surface area contributed by atoms with Crippen LogP contribution in [0, 0.1) is 0 Å². The molecule has 206 valence electrons. The van der Waals surface area contributed by atoms with Gasteiger partial charge in [0.05, 0.1) is 16.0 Å². The first-order chi connectivity index (χ1) is 17.5. The number of carbonyl (C=O) groups is 2. The van der Waals surface area contributed by atoms with Gasteiger partial charge < -0.3 is 10.6 Å². The molecule has 11 heteroatoms. The van der Waals surface area contributed by atoms with E-state index in [1.54, 1.807) is 27.7 Å². The van der Waals surface area contributed by atoms with Crippen molar-refractivity contribution in [3.05, 3.63) is 77.9 Å².